The topological polar surface area (TPSA) is 0 Å². The molecular weight excluding hydrogens is 228 g/mol. The second-order valence-corrected chi connectivity index (χ2v) is 12.0. The number of thioether (sulfide) groups is 1. The fourth-order valence-corrected chi connectivity index (χ4v) is 3.70. The van der Waals surface area contributed by atoms with E-state index < -0.39 is 8.07 Å². The van der Waals surface area contributed by atoms with Crippen LogP contribution >= 0.6 is 11.8 Å². The second-order valence-electron chi connectivity index (χ2n) is 5.86. The van der Waals surface area contributed by atoms with Gasteiger partial charge in [-0.3, -0.25) is 0 Å². The zero-order valence-electron chi connectivity index (χ0n) is 11.2. The van der Waals surface area contributed by atoms with E-state index in [-0.39, 0.29) is 0 Å². The van der Waals surface area contributed by atoms with Crippen LogP contribution in [0.4, 0.5) is 0 Å². The summed E-state index contributed by atoms with van der Waals surface area (Å²) >= 11 is 2.04. The van der Waals surface area contributed by atoms with Gasteiger partial charge < -0.3 is 0 Å². The van der Waals surface area contributed by atoms with E-state index in [1.807, 2.05) is 11.8 Å². The number of rotatable bonds is 5. The van der Waals surface area contributed by atoms with Gasteiger partial charge in [0.1, 0.15) is 0 Å². The third-order valence-corrected chi connectivity index (χ3v) is 6.05. The minimum Gasteiger partial charge on any atom is -0.157 e. The average Bonchev–Trinajstić information content (AvgIpc) is 2.16. The molecule has 0 saturated heterocycles. The first-order chi connectivity index (χ1) is 7.39. The highest BCUT2D eigenvalue weighted by atomic mass is 32.2. The minimum absolute atomic E-state index is 0.797. The molecule has 90 valence electrons. The van der Waals surface area contributed by atoms with Gasteiger partial charge in [0.25, 0.3) is 0 Å². The van der Waals surface area contributed by atoms with Gasteiger partial charge in [-0.05, 0) is 17.2 Å². The van der Waals surface area contributed by atoms with Gasteiger partial charge in [-0.1, -0.05) is 62.9 Å². The van der Waals surface area contributed by atoms with E-state index in [1.165, 1.54) is 11.3 Å². The summed E-state index contributed by atoms with van der Waals surface area (Å²) in [5, 5.41) is 1.56. The maximum Gasteiger partial charge on any atom is 0.0775 e. The van der Waals surface area contributed by atoms with Crippen LogP contribution in [0.25, 0.3) is 0 Å². The maximum absolute atomic E-state index is 2.40. The Kier molecular flexibility index (Phi) is 5.13. The lowest BCUT2D eigenvalue weighted by Crippen LogP contribution is -2.37. The van der Waals surface area contributed by atoms with E-state index in [4.69, 9.17) is 0 Å². The molecule has 0 fully saturated rings. The van der Waals surface area contributed by atoms with Crippen molar-refractivity contribution in [2.75, 3.05) is 5.75 Å². The Balaban J connectivity index is 2.52. The quantitative estimate of drug-likeness (QED) is 0.710. The first-order valence-electron chi connectivity index (χ1n) is 6.07. The zero-order chi connectivity index (χ0) is 12.2. The lowest BCUT2D eigenvalue weighted by atomic mass is 10.2. The predicted octanol–water partition coefficient (Wildman–Crippen LogP) is 4.12. The van der Waals surface area contributed by atoms with E-state index in [0.717, 1.165) is 11.7 Å². The SMILES string of the molecule is CC(C)CSCc1ccc([Si](C)(C)C)cc1. The van der Waals surface area contributed by atoms with Gasteiger partial charge in [0.05, 0.1) is 8.07 Å². The Morgan fingerprint density at radius 2 is 1.62 bits per heavy atom. The second kappa shape index (κ2) is 5.92. The van der Waals surface area contributed by atoms with Gasteiger partial charge in [0.15, 0.2) is 0 Å². The zero-order valence-corrected chi connectivity index (χ0v) is 13.0. The summed E-state index contributed by atoms with van der Waals surface area (Å²) < 4.78 is 0. The molecule has 0 N–H and O–H groups in total. The standard InChI is InChI=1S/C14H24SSi/c1-12(2)10-15-11-13-6-8-14(9-7-13)16(3,4)5/h6-9,12H,10-11H2,1-5H3. The van der Waals surface area contributed by atoms with Crippen LogP contribution in [0.5, 0.6) is 0 Å². The van der Waals surface area contributed by atoms with E-state index in [0.29, 0.717) is 0 Å². The summed E-state index contributed by atoms with van der Waals surface area (Å²) in [5.74, 6) is 3.21. The number of hydrogen-bond acceptors (Lipinski definition) is 1. The molecule has 0 aliphatic carbocycles. The summed E-state index contributed by atoms with van der Waals surface area (Å²) in [6.45, 7) is 11.8. The molecule has 0 atom stereocenters. The van der Waals surface area contributed by atoms with Crippen LogP contribution in [0.15, 0.2) is 24.3 Å². The van der Waals surface area contributed by atoms with Crippen LogP contribution in [0.2, 0.25) is 19.6 Å². The third-order valence-electron chi connectivity index (χ3n) is 2.54. The summed E-state index contributed by atoms with van der Waals surface area (Å²) in [4.78, 5) is 0. The largest absolute Gasteiger partial charge is 0.157 e. The van der Waals surface area contributed by atoms with Crippen LogP contribution in [0.1, 0.15) is 19.4 Å². The predicted molar refractivity (Wildman–Crippen MR) is 80.4 cm³/mol. The van der Waals surface area contributed by atoms with Crippen LogP contribution in [0, 0.1) is 5.92 Å². The molecule has 0 amide bonds. The summed E-state index contributed by atoms with van der Waals surface area (Å²) in [6, 6.07) is 9.27. The minimum atomic E-state index is -1.11. The first kappa shape index (κ1) is 13.9. The van der Waals surface area contributed by atoms with Gasteiger partial charge in [-0.25, -0.2) is 0 Å². The van der Waals surface area contributed by atoms with Crippen molar-refractivity contribution in [2.45, 2.75) is 39.2 Å². The highest BCUT2D eigenvalue weighted by Gasteiger charge is 2.15. The van der Waals surface area contributed by atoms with Crippen molar-refractivity contribution >= 4 is 25.0 Å². The number of benzene rings is 1. The average molecular weight is 252 g/mol. The molecule has 0 aliphatic rings. The van der Waals surface area contributed by atoms with E-state index in [9.17, 15) is 0 Å². The molecule has 0 aliphatic heterocycles. The van der Waals surface area contributed by atoms with E-state index in [1.54, 1.807) is 5.19 Å². The highest BCUT2D eigenvalue weighted by molar-refractivity contribution is 7.98. The van der Waals surface area contributed by atoms with Crippen molar-refractivity contribution in [3.63, 3.8) is 0 Å². The van der Waals surface area contributed by atoms with Crippen LogP contribution < -0.4 is 5.19 Å². The van der Waals surface area contributed by atoms with Gasteiger partial charge in [0, 0.05) is 5.75 Å². The van der Waals surface area contributed by atoms with Crippen LogP contribution in [0.3, 0.4) is 0 Å². The Hall–Kier alpha value is -0.213. The molecule has 0 spiro atoms. The molecular formula is C14H24SSi. The van der Waals surface area contributed by atoms with Crippen molar-refractivity contribution < 1.29 is 0 Å². The van der Waals surface area contributed by atoms with Gasteiger partial charge in [-0.15, -0.1) is 0 Å². The van der Waals surface area contributed by atoms with Crippen molar-refractivity contribution in [2.24, 2.45) is 5.92 Å². The molecule has 1 rings (SSSR count). The molecule has 0 aromatic heterocycles. The lowest BCUT2D eigenvalue weighted by Gasteiger charge is -2.16. The van der Waals surface area contributed by atoms with Crippen LogP contribution in [-0.4, -0.2) is 13.8 Å². The van der Waals surface area contributed by atoms with Gasteiger partial charge in [-0.2, -0.15) is 11.8 Å². The van der Waals surface area contributed by atoms with Crippen molar-refractivity contribution in [1.29, 1.82) is 0 Å². The Labute approximate surface area is 106 Å². The molecule has 0 heterocycles. The Morgan fingerprint density at radius 1 is 1.06 bits per heavy atom. The third kappa shape index (κ3) is 4.75. The molecule has 0 bridgehead atoms. The monoisotopic (exact) mass is 252 g/mol. The summed E-state index contributed by atoms with van der Waals surface area (Å²) in [5.41, 5.74) is 1.47. The lowest BCUT2D eigenvalue weighted by molar-refractivity contribution is 0.750. The summed E-state index contributed by atoms with van der Waals surface area (Å²) in [6.07, 6.45) is 0. The Morgan fingerprint density at radius 3 is 2.06 bits per heavy atom. The molecule has 0 nitrogen and oxygen atoms in total. The fourth-order valence-electron chi connectivity index (χ4n) is 1.51. The van der Waals surface area contributed by atoms with Crippen molar-refractivity contribution in [1.82, 2.24) is 0 Å². The molecule has 0 radical (unpaired) electrons. The normalized spacial score (nSPS) is 12.1. The summed E-state index contributed by atoms with van der Waals surface area (Å²) in [7, 11) is -1.11. The van der Waals surface area contributed by atoms with E-state index >= 15 is 0 Å². The molecule has 16 heavy (non-hydrogen) atoms. The van der Waals surface area contributed by atoms with Crippen LogP contribution in [-0.2, 0) is 5.75 Å². The van der Waals surface area contributed by atoms with Gasteiger partial charge in [0.2, 0.25) is 0 Å². The smallest absolute Gasteiger partial charge is 0.0775 e. The van der Waals surface area contributed by atoms with Crippen molar-refractivity contribution in [3.05, 3.63) is 29.8 Å². The molecule has 0 saturated carbocycles. The molecule has 0 unspecified atom stereocenters. The number of hydrogen-bond donors (Lipinski definition) is 0. The Bertz CT molecular complexity index is 309. The van der Waals surface area contributed by atoms with E-state index in [2.05, 4.69) is 57.8 Å². The molecule has 1 aromatic rings. The highest BCUT2D eigenvalue weighted by Crippen LogP contribution is 2.15. The molecule has 2 heteroatoms. The molecule has 1 aromatic carbocycles. The fraction of sp³-hybridized carbons (Fsp3) is 0.571. The van der Waals surface area contributed by atoms with Gasteiger partial charge >= 0.3 is 0 Å². The van der Waals surface area contributed by atoms with Crippen molar-refractivity contribution in [3.8, 4) is 0 Å². The first-order valence-corrected chi connectivity index (χ1v) is 10.7. The maximum atomic E-state index is 2.40.